The SMILES string of the molecule is CC(Oc1ccc(C23CC4CC(CC(C4)C2)C3)cc1)C(=O)c1cccc(Cl)c1. The zero-order valence-corrected chi connectivity index (χ0v) is 17.1. The van der Waals surface area contributed by atoms with Gasteiger partial charge in [-0.15, -0.1) is 0 Å². The van der Waals surface area contributed by atoms with Gasteiger partial charge in [-0.1, -0.05) is 35.9 Å². The second-order valence-electron chi connectivity index (χ2n) is 9.36. The lowest BCUT2D eigenvalue weighted by atomic mass is 9.48. The number of ether oxygens (including phenoxy) is 1. The van der Waals surface area contributed by atoms with E-state index in [-0.39, 0.29) is 5.78 Å². The van der Waals surface area contributed by atoms with E-state index in [4.69, 9.17) is 16.3 Å². The molecule has 1 unspecified atom stereocenters. The molecule has 1 atom stereocenters. The number of benzene rings is 2. The molecule has 0 N–H and O–H groups in total. The van der Waals surface area contributed by atoms with Crippen molar-refractivity contribution in [3.8, 4) is 5.75 Å². The van der Waals surface area contributed by atoms with Crippen LogP contribution in [-0.4, -0.2) is 11.9 Å². The van der Waals surface area contributed by atoms with Gasteiger partial charge < -0.3 is 4.74 Å². The molecule has 2 aromatic rings. The predicted octanol–water partition coefficient (Wildman–Crippen LogP) is 6.46. The fraction of sp³-hybridized carbons (Fsp3) is 0.480. The van der Waals surface area contributed by atoms with Gasteiger partial charge in [0, 0.05) is 10.6 Å². The number of carbonyl (C=O) groups is 1. The first-order chi connectivity index (χ1) is 13.5. The first-order valence-corrected chi connectivity index (χ1v) is 11.0. The molecule has 4 saturated carbocycles. The summed E-state index contributed by atoms with van der Waals surface area (Å²) in [4.78, 5) is 12.6. The Morgan fingerprint density at radius 3 is 2.18 bits per heavy atom. The minimum atomic E-state index is -0.538. The van der Waals surface area contributed by atoms with Crippen molar-refractivity contribution in [1.29, 1.82) is 0 Å². The Bertz CT molecular complexity index is 850. The molecule has 0 radical (unpaired) electrons. The van der Waals surface area contributed by atoms with Crippen molar-refractivity contribution in [2.45, 2.75) is 57.0 Å². The lowest BCUT2D eigenvalue weighted by molar-refractivity contribution is -0.00521. The van der Waals surface area contributed by atoms with Crippen molar-refractivity contribution in [2.75, 3.05) is 0 Å². The number of rotatable bonds is 5. The zero-order chi connectivity index (χ0) is 19.3. The van der Waals surface area contributed by atoms with Gasteiger partial charge in [-0.25, -0.2) is 0 Å². The van der Waals surface area contributed by atoms with E-state index >= 15 is 0 Å². The molecule has 2 aromatic carbocycles. The summed E-state index contributed by atoms with van der Waals surface area (Å²) in [7, 11) is 0. The molecule has 4 bridgehead atoms. The van der Waals surface area contributed by atoms with Gasteiger partial charge in [-0.05, 0) is 98.4 Å². The standard InChI is InChI=1S/C25H27ClO2/c1-16(24(27)20-3-2-4-22(26)12-20)28-23-7-5-21(6-8-23)25-13-17-9-18(14-25)11-19(10-17)15-25/h2-8,12,16-19H,9-11,13-15H2,1H3. The molecule has 4 aliphatic carbocycles. The van der Waals surface area contributed by atoms with Gasteiger partial charge in [0.05, 0.1) is 0 Å². The highest BCUT2D eigenvalue weighted by molar-refractivity contribution is 6.31. The maximum Gasteiger partial charge on any atom is 0.203 e. The molecule has 0 saturated heterocycles. The summed E-state index contributed by atoms with van der Waals surface area (Å²) in [6.45, 7) is 1.80. The lowest BCUT2D eigenvalue weighted by Crippen LogP contribution is -2.48. The van der Waals surface area contributed by atoms with Gasteiger partial charge in [0.15, 0.2) is 6.10 Å². The minimum absolute atomic E-state index is 0.0485. The molecule has 0 amide bonds. The molecule has 3 heteroatoms. The van der Waals surface area contributed by atoms with Crippen LogP contribution in [0.5, 0.6) is 5.75 Å². The number of ketones is 1. The summed E-state index contributed by atoms with van der Waals surface area (Å²) < 4.78 is 5.95. The van der Waals surface area contributed by atoms with Crippen LogP contribution >= 0.6 is 11.6 Å². The molecule has 0 aromatic heterocycles. The lowest BCUT2D eigenvalue weighted by Gasteiger charge is -2.57. The topological polar surface area (TPSA) is 26.3 Å². The highest BCUT2D eigenvalue weighted by Crippen LogP contribution is 2.60. The Labute approximate surface area is 172 Å². The maximum atomic E-state index is 12.6. The van der Waals surface area contributed by atoms with Gasteiger partial charge >= 0.3 is 0 Å². The highest BCUT2D eigenvalue weighted by Gasteiger charge is 2.51. The summed E-state index contributed by atoms with van der Waals surface area (Å²) in [6.07, 6.45) is 7.94. The summed E-state index contributed by atoms with van der Waals surface area (Å²) >= 11 is 6.01. The summed E-state index contributed by atoms with van der Waals surface area (Å²) in [5.74, 6) is 3.54. The van der Waals surface area contributed by atoms with Crippen LogP contribution in [0.3, 0.4) is 0 Å². The van der Waals surface area contributed by atoms with Gasteiger partial charge in [-0.2, -0.15) is 0 Å². The second kappa shape index (κ2) is 6.91. The molecule has 2 nitrogen and oxygen atoms in total. The maximum absolute atomic E-state index is 12.6. The van der Waals surface area contributed by atoms with E-state index in [1.165, 1.54) is 44.1 Å². The number of Topliss-reactive ketones (excluding diaryl/α,β-unsaturated/α-hetero) is 1. The fourth-order valence-electron chi connectivity index (χ4n) is 6.49. The minimum Gasteiger partial charge on any atom is -0.483 e. The molecule has 4 fully saturated rings. The molecule has 146 valence electrons. The molecule has 0 aliphatic heterocycles. The van der Waals surface area contributed by atoms with E-state index in [2.05, 4.69) is 24.3 Å². The summed E-state index contributed by atoms with van der Waals surface area (Å²) in [5.41, 5.74) is 2.47. The monoisotopic (exact) mass is 394 g/mol. The van der Waals surface area contributed by atoms with E-state index in [1.54, 1.807) is 31.2 Å². The van der Waals surface area contributed by atoms with Crippen LogP contribution in [0.4, 0.5) is 0 Å². The van der Waals surface area contributed by atoms with E-state index in [1.807, 2.05) is 0 Å². The third-order valence-corrected chi connectivity index (χ3v) is 7.53. The fourth-order valence-corrected chi connectivity index (χ4v) is 6.68. The molecule has 4 aliphatic rings. The van der Waals surface area contributed by atoms with Crippen LogP contribution < -0.4 is 4.74 Å². The quantitative estimate of drug-likeness (QED) is 0.544. The molecule has 0 spiro atoms. The smallest absolute Gasteiger partial charge is 0.203 e. The highest BCUT2D eigenvalue weighted by atomic mass is 35.5. The van der Waals surface area contributed by atoms with Gasteiger partial charge in [0.1, 0.15) is 5.75 Å². The summed E-state index contributed by atoms with van der Waals surface area (Å²) in [5, 5.41) is 0.568. The number of hydrogen-bond donors (Lipinski definition) is 0. The van der Waals surface area contributed by atoms with Crippen molar-refractivity contribution >= 4 is 17.4 Å². The van der Waals surface area contributed by atoms with Gasteiger partial charge in [0.2, 0.25) is 5.78 Å². The molecule has 6 rings (SSSR count). The van der Waals surface area contributed by atoms with Crippen molar-refractivity contribution in [3.63, 3.8) is 0 Å². The Morgan fingerprint density at radius 1 is 1.00 bits per heavy atom. The van der Waals surface area contributed by atoms with Crippen LogP contribution in [0, 0.1) is 17.8 Å². The van der Waals surface area contributed by atoms with Crippen LogP contribution in [0.2, 0.25) is 5.02 Å². The van der Waals surface area contributed by atoms with Gasteiger partial charge in [0.25, 0.3) is 0 Å². The first-order valence-electron chi connectivity index (χ1n) is 10.6. The largest absolute Gasteiger partial charge is 0.483 e. The van der Waals surface area contributed by atoms with E-state index < -0.39 is 6.10 Å². The average Bonchev–Trinajstić information content (AvgIpc) is 2.67. The third-order valence-electron chi connectivity index (χ3n) is 7.30. The van der Waals surface area contributed by atoms with E-state index in [0.717, 1.165) is 23.5 Å². The van der Waals surface area contributed by atoms with Crippen LogP contribution in [0.1, 0.15) is 61.4 Å². The van der Waals surface area contributed by atoms with Crippen molar-refractivity contribution < 1.29 is 9.53 Å². The Hall–Kier alpha value is -1.80. The molecule has 28 heavy (non-hydrogen) atoms. The second-order valence-corrected chi connectivity index (χ2v) is 9.79. The molecule has 0 heterocycles. The third kappa shape index (κ3) is 3.26. The Kier molecular flexibility index (Phi) is 4.50. The predicted molar refractivity (Wildman–Crippen MR) is 112 cm³/mol. The van der Waals surface area contributed by atoms with Crippen molar-refractivity contribution in [3.05, 3.63) is 64.7 Å². The normalized spacial score (nSPS) is 31.6. The van der Waals surface area contributed by atoms with Crippen LogP contribution in [-0.2, 0) is 5.41 Å². The van der Waals surface area contributed by atoms with Crippen molar-refractivity contribution in [1.82, 2.24) is 0 Å². The molecular weight excluding hydrogens is 368 g/mol. The number of hydrogen-bond acceptors (Lipinski definition) is 2. The van der Waals surface area contributed by atoms with Gasteiger partial charge in [-0.3, -0.25) is 4.79 Å². The van der Waals surface area contributed by atoms with Crippen molar-refractivity contribution in [2.24, 2.45) is 17.8 Å². The molecular formula is C25H27ClO2. The Morgan fingerprint density at radius 2 is 1.61 bits per heavy atom. The van der Waals surface area contributed by atoms with E-state index in [9.17, 15) is 4.79 Å². The Balaban J connectivity index is 1.30. The van der Waals surface area contributed by atoms with Crippen LogP contribution in [0.25, 0.3) is 0 Å². The zero-order valence-electron chi connectivity index (χ0n) is 16.4. The summed E-state index contributed by atoms with van der Waals surface area (Å²) in [6, 6.07) is 15.6. The first kappa shape index (κ1) is 18.2. The van der Waals surface area contributed by atoms with Crippen LogP contribution in [0.15, 0.2) is 48.5 Å². The van der Waals surface area contributed by atoms with E-state index in [0.29, 0.717) is 16.0 Å². The average molecular weight is 395 g/mol. The number of halogens is 1. The number of carbonyl (C=O) groups excluding carboxylic acids is 1.